The summed E-state index contributed by atoms with van der Waals surface area (Å²) >= 11 is 0. The summed E-state index contributed by atoms with van der Waals surface area (Å²) in [6.45, 7) is 5.78. The molecular formula is C18H21N3O6S. The third kappa shape index (κ3) is 4.16. The Balaban J connectivity index is 1.78. The Labute approximate surface area is 162 Å². The number of carbonyl (C=O) groups excluding carboxylic acids is 2. The predicted octanol–water partition coefficient (Wildman–Crippen LogP) is 2.10. The van der Waals surface area contributed by atoms with Crippen molar-refractivity contribution in [3.05, 3.63) is 35.7 Å². The standard InChI is InChI=1S/C18H21N3O6S/c1-4-14-17(22)19-13-9-12(5-6-15(13)26-14)28(24,25)21-18(23)16-8-11(20-27-16)7-10(2)3/h5-6,8-10,14H,4,7H2,1-3H3,(H,19,22)(H,21,23). The molecule has 2 heterocycles. The van der Waals surface area contributed by atoms with E-state index in [1.807, 2.05) is 18.6 Å². The molecule has 1 aliphatic rings. The minimum Gasteiger partial charge on any atom is -0.478 e. The second-order valence-electron chi connectivity index (χ2n) is 6.88. The fourth-order valence-electron chi connectivity index (χ4n) is 2.73. The van der Waals surface area contributed by atoms with Crippen LogP contribution in [0, 0.1) is 5.92 Å². The highest BCUT2D eigenvalue weighted by atomic mass is 32.2. The maximum absolute atomic E-state index is 12.5. The smallest absolute Gasteiger partial charge is 0.303 e. The van der Waals surface area contributed by atoms with Crippen LogP contribution in [0.1, 0.15) is 43.4 Å². The van der Waals surface area contributed by atoms with E-state index >= 15 is 0 Å². The number of nitrogens with one attached hydrogen (secondary N) is 2. The van der Waals surface area contributed by atoms with E-state index in [-0.39, 0.29) is 22.3 Å². The summed E-state index contributed by atoms with van der Waals surface area (Å²) in [6.07, 6.45) is 0.464. The van der Waals surface area contributed by atoms with Crippen LogP contribution in [0.5, 0.6) is 5.75 Å². The number of hydrogen-bond acceptors (Lipinski definition) is 7. The molecule has 0 spiro atoms. The van der Waals surface area contributed by atoms with Gasteiger partial charge in [-0.05, 0) is 37.0 Å². The van der Waals surface area contributed by atoms with E-state index in [4.69, 9.17) is 9.26 Å². The number of amides is 2. The Morgan fingerprint density at radius 1 is 1.32 bits per heavy atom. The highest BCUT2D eigenvalue weighted by molar-refractivity contribution is 7.90. The molecule has 0 saturated carbocycles. The van der Waals surface area contributed by atoms with Gasteiger partial charge in [-0.3, -0.25) is 9.59 Å². The van der Waals surface area contributed by atoms with Gasteiger partial charge >= 0.3 is 5.91 Å². The van der Waals surface area contributed by atoms with Crippen LogP contribution in [0.15, 0.2) is 33.7 Å². The van der Waals surface area contributed by atoms with Gasteiger partial charge in [0.15, 0.2) is 6.10 Å². The summed E-state index contributed by atoms with van der Waals surface area (Å²) in [4.78, 5) is 24.0. The minimum atomic E-state index is -4.19. The summed E-state index contributed by atoms with van der Waals surface area (Å²) in [5.41, 5.74) is 0.792. The lowest BCUT2D eigenvalue weighted by Crippen LogP contribution is -2.36. The quantitative estimate of drug-likeness (QED) is 0.750. The zero-order chi connectivity index (χ0) is 20.5. The molecule has 0 saturated heterocycles. The van der Waals surface area contributed by atoms with E-state index in [9.17, 15) is 18.0 Å². The number of benzene rings is 1. The van der Waals surface area contributed by atoms with Gasteiger partial charge in [0, 0.05) is 6.07 Å². The number of hydrogen-bond donors (Lipinski definition) is 2. The van der Waals surface area contributed by atoms with Crippen LogP contribution in [-0.2, 0) is 21.2 Å². The van der Waals surface area contributed by atoms with Crippen molar-refractivity contribution in [1.82, 2.24) is 9.88 Å². The fourth-order valence-corrected chi connectivity index (χ4v) is 3.71. The molecule has 0 radical (unpaired) electrons. The molecule has 1 atom stereocenters. The van der Waals surface area contributed by atoms with Gasteiger partial charge in [0.1, 0.15) is 5.75 Å². The van der Waals surface area contributed by atoms with Crippen LogP contribution in [0.4, 0.5) is 5.69 Å². The highest BCUT2D eigenvalue weighted by Gasteiger charge is 2.28. The molecule has 28 heavy (non-hydrogen) atoms. The number of fused-ring (bicyclic) bond motifs is 1. The lowest BCUT2D eigenvalue weighted by Gasteiger charge is -2.25. The summed E-state index contributed by atoms with van der Waals surface area (Å²) < 4.78 is 37.5. The van der Waals surface area contributed by atoms with Crippen LogP contribution in [0.2, 0.25) is 0 Å². The van der Waals surface area contributed by atoms with Crippen molar-refractivity contribution in [2.24, 2.45) is 5.92 Å². The van der Waals surface area contributed by atoms with Gasteiger partial charge in [-0.15, -0.1) is 0 Å². The van der Waals surface area contributed by atoms with Crippen LogP contribution in [0.25, 0.3) is 0 Å². The molecular weight excluding hydrogens is 386 g/mol. The van der Waals surface area contributed by atoms with Gasteiger partial charge in [0.25, 0.3) is 15.9 Å². The van der Waals surface area contributed by atoms with Crippen LogP contribution < -0.4 is 14.8 Å². The molecule has 3 rings (SSSR count). The van der Waals surface area contributed by atoms with Gasteiger partial charge in [0.2, 0.25) is 5.76 Å². The molecule has 1 aliphatic heterocycles. The Morgan fingerprint density at radius 2 is 2.07 bits per heavy atom. The summed E-state index contributed by atoms with van der Waals surface area (Å²) in [6, 6.07) is 5.38. The molecule has 1 aromatic carbocycles. The predicted molar refractivity (Wildman–Crippen MR) is 99.5 cm³/mol. The maximum atomic E-state index is 12.5. The zero-order valence-corrected chi connectivity index (χ0v) is 16.5. The van der Waals surface area contributed by atoms with E-state index < -0.39 is 22.0 Å². The molecule has 0 fully saturated rings. The minimum absolute atomic E-state index is 0.194. The van der Waals surface area contributed by atoms with Gasteiger partial charge < -0.3 is 14.6 Å². The first-order valence-corrected chi connectivity index (χ1v) is 10.3. The average Bonchev–Trinajstić information content (AvgIpc) is 3.08. The van der Waals surface area contributed by atoms with Gasteiger partial charge in [0.05, 0.1) is 16.3 Å². The van der Waals surface area contributed by atoms with E-state index in [0.717, 1.165) is 0 Å². The van der Waals surface area contributed by atoms with Gasteiger partial charge in [-0.1, -0.05) is 25.9 Å². The largest absolute Gasteiger partial charge is 0.478 e. The van der Waals surface area contributed by atoms with Gasteiger partial charge in [-0.25, -0.2) is 13.1 Å². The first-order valence-electron chi connectivity index (χ1n) is 8.84. The lowest BCUT2D eigenvalue weighted by atomic mass is 10.1. The lowest BCUT2D eigenvalue weighted by molar-refractivity contribution is -0.123. The topological polar surface area (TPSA) is 128 Å². The Morgan fingerprint density at radius 3 is 2.75 bits per heavy atom. The third-order valence-electron chi connectivity index (χ3n) is 4.08. The van der Waals surface area contributed by atoms with Gasteiger partial charge in [-0.2, -0.15) is 0 Å². The molecule has 2 N–H and O–H groups in total. The number of aromatic nitrogens is 1. The van der Waals surface area contributed by atoms with E-state index in [1.165, 1.54) is 24.3 Å². The Bertz CT molecular complexity index is 1010. The number of anilines is 1. The Hall–Kier alpha value is -2.88. The molecule has 10 heteroatoms. The summed E-state index contributed by atoms with van der Waals surface area (Å²) in [7, 11) is -4.19. The first-order chi connectivity index (χ1) is 13.2. The molecule has 0 bridgehead atoms. The van der Waals surface area contributed by atoms with Crippen molar-refractivity contribution in [2.75, 3.05) is 5.32 Å². The third-order valence-corrected chi connectivity index (χ3v) is 5.41. The molecule has 1 aromatic heterocycles. The number of nitrogens with zero attached hydrogens (tertiary/aromatic N) is 1. The molecule has 9 nitrogen and oxygen atoms in total. The van der Waals surface area contributed by atoms with E-state index in [2.05, 4.69) is 10.5 Å². The highest BCUT2D eigenvalue weighted by Crippen LogP contribution is 2.32. The number of rotatable bonds is 6. The Kier molecular flexibility index (Phi) is 5.41. The molecule has 2 aromatic rings. The summed E-state index contributed by atoms with van der Waals surface area (Å²) in [5, 5.41) is 6.38. The maximum Gasteiger partial charge on any atom is 0.303 e. The number of sulfonamides is 1. The van der Waals surface area contributed by atoms with Crippen molar-refractivity contribution in [3.63, 3.8) is 0 Å². The van der Waals surface area contributed by atoms with E-state index in [0.29, 0.717) is 30.2 Å². The van der Waals surface area contributed by atoms with Crippen molar-refractivity contribution in [1.29, 1.82) is 0 Å². The van der Waals surface area contributed by atoms with Crippen molar-refractivity contribution in [3.8, 4) is 5.75 Å². The van der Waals surface area contributed by atoms with Crippen LogP contribution in [0.3, 0.4) is 0 Å². The SMILES string of the molecule is CCC1Oc2ccc(S(=O)(=O)NC(=O)c3cc(CC(C)C)no3)cc2NC1=O. The average molecular weight is 407 g/mol. The molecule has 2 amide bonds. The van der Waals surface area contributed by atoms with E-state index in [1.54, 1.807) is 6.92 Å². The molecule has 1 unspecified atom stereocenters. The van der Waals surface area contributed by atoms with Crippen LogP contribution in [-0.4, -0.2) is 31.5 Å². The normalized spacial score (nSPS) is 16.3. The second kappa shape index (κ2) is 7.63. The number of ether oxygens (including phenoxy) is 1. The number of carbonyl (C=O) groups is 2. The first kappa shape index (κ1) is 19.9. The van der Waals surface area contributed by atoms with Crippen molar-refractivity contribution < 1.29 is 27.3 Å². The van der Waals surface area contributed by atoms with Crippen LogP contribution >= 0.6 is 0 Å². The van der Waals surface area contributed by atoms with Crippen molar-refractivity contribution in [2.45, 2.75) is 44.6 Å². The molecule has 150 valence electrons. The fraction of sp³-hybridized carbons (Fsp3) is 0.389. The summed E-state index contributed by atoms with van der Waals surface area (Å²) in [5.74, 6) is -0.797. The van der Waals surface area contributed by atoms with Crippen molar-refractivity contribution >= 4 is 27.5 Å². The second-order valence-corrected chi connectivity index (χ2v) is 8.56. The monoisotopic (exact) mass is 407 g/mol. The molecule has 0 aliphatic carbocycles. The zero-order valence-electron chi connectivity index (χ0n) is 15.7.